The van der Waals surface area contributed by atoms with Crippen LogP contribution < -0.4 is 14.8 Å². The number of rotatable bonds is 10. The van der Waals surface area contributed by atoms with Crippen molar-refractivity contribution in [3.8, 4) is 22.9 Å². The van der Waals surface area contributed by atoms with Crippen LogP contribution in [-0.4, -0.2) is 42.8 Å². The maximum atomic E-state index is 11.9. The standard InChI is InChI=1S/C22H23N3O6/c1-28-17-9-8-16(13-18(17)29-2)22-24-20(31-25-22)14-30-21(27)10-11-23-19(26)12-15-6-4-3-5-7-15/h3-9,13H,10-12,14H2,1-2H3,(H,23,26). The smallest absolute Gasteiger partial charge is 0.308 e. The van der Waals surface area contributed by atoms with Crippen molar-refractivity contribution in [1.82, 2.24) is 15.5 Å². The lowest BCUT2D eigenvalue weighted by Gasteiger charge is -2.07. The van der Waals surface area contributed by atoms with Crippen LogP contribution in [0.2, 0.25) is 0 Å². The van der Waals surface area contributed by atoms with Gasteiger partial charge >= 0.3 is 5.97 Å². The van der Waals surface area contributed by atoms with E-state index in [1.54, 1.807) is 25.3 Å². The number of aromatic nitrogens is 2. The third kappa shape index (κ3) is 6.30. The molecule has 0 aliphatic carbocycles. The molecule has 0 unspecified atom stereocenters. The lowest BCUT2D eigenvalue weighted by atomic mass is 10.1. The molecule has 0 saturated carbocycles. The molecule has 1 N–H and O–H groups in total. The van der Waals surface area contributed by atoms with Crippen molar-refractivity contribution in [1.29, 1.82) is 0 Å². The Bertz CT molecular complexity index is 1020. The van der Waals surface area contributed by atoms with Gasteiger partial charge in [0.25, 0.3) is 5.89 Å². The molecule has 3 aromatic rings. The largest absolute Gasteiger partial charge is 0.493 e. The summed E-state index contributed by atoms with van der Waals surface area (Å²) in [7, 11) is 3.08. The Morgan fingerprint density at radius 1 is 1.03 bits per heavy atom. The number of amides is 1. The fourth-order valence-corrected chi connectivity index (χ4v) is 2.77. The van der Waals surface area contributed by atoms with Gasteiger partial charge < -0.3 is 24.1 Å². The first-order chi connectivity index (χ1) is 15.1. The molecule has 2 aromatic carbocycles. The van der Waals surface area contributed by atoms with E-state index < -0.39 is 5.97 Å². The Morgan fingerprint density at radius 3 is 2.55 bits per heavy atom. The van der Waals surface area contributed by atoms with Gasteiger partial charge in [0, 0.05) is 12.1 Å². The number of ether oxygens (including phenoxy) is 3. The van der Waals surface area contributed by atoms with Crippen LogP contribution in [0.25, 0.3) is 11.4 Å². The van der Waals surface area contributed by atoms with Crippen LogP contribution in [0, 0.1) is 0 Å². The fraction of sp³-hybridized carbons (Fsp3) is 0.273. The van der Waals surface area contributed by atoms with E-state index in [2.05, 4.69) is 15.5 Å². The van der Waals surface area contributed by atoms with E-state index in [4.69, 9.17) is 18.7 Å². The molecule has 162 valence electrons. The Kier molecular flexibility index (Phi) is 7.58. The van der Waals surface area contributed by atoms with Crippen molar-refractivity contribution in [2.45, 2.75) is 19.4 Å². The molecule has 3 rings (SSSR count). The lowest BCUT2D eigenvalue weighted by molar-refractivity contribution is -0.145. The van der Waals surface area contributed by atoms with Gasteiger partial charge in [0.1, 0.15) is 0 Å². The maximum Gasteiger partial charge on any atom is 0.308 e. The second-order valence-corrected chi connectivity index (χ2v) is 6.50. The predicted octanol–water partition coefficient (Wildman–Crippen LogP) is 2.55. The molecule has 9 nitrogen and oxygen atoms in total. The molecule has 1 heterocycles. The van der Waals surface area contributed by atoms with E-state index in [1.165, 1.54) is 7.11 Å². The number of nitrogens with one attached hydrogen (secondary N) is 1. The number of nitrogens with zero attached hydrogens (tertiary/aromatic N) is 2. The number of esters is 1. The number of methoxy groups -OCH3 is 2. The summed E-state index contributed by atoms with van der Waals surface area (Å²) in [6.45, 7) is 0.0301. The van der Waals surface area contributed by atoms with Gasteiger partial charge in [-0.2, -0.15) is 4.98 Å². The molecule has 0 aliphatic heterocycles. The first-order valence-electron chi connectivity index (χ1n) is 9.60. The van der Waals surface area contributed by atoms with E-state index in [0.29, 0.717) is 22.9 Å². The van der Waals surface area contributed by atoms with Crippen molar-refractivity contribution in [3.63, 3.8) is 0 Å². The zero-order valence-corrected chi connectivity index (χ0v) is 17.3. The highest BCUT2D eigenvalue weighted by molar-refractivity contribution is 5.79. The van der Waals surface area contributed by atoms with Gasteiger partial charge in [-0.15, -0.1) is 0 Å². The molecule has 0 spiro atoms. The van der Waals surface area contributed by atoms with Crippen LogP contribution in [0.3, 0.4) is 0 Å². The van der Waals surface area contributed by atoms with Crippen molar-refractivity contribution >= 4 is 11.9 Å². The second kappa shape index (κ2) is 10.8. The maximum absolute atomic E-state index is 11.9. The number of carbonyl (C=O) groups excluding carboxylic acids is 2. The van der Waals surface area contributed by atoms with Gasteiger partial charge in [0.05, 0.1) is 27.1 Å². The Labute approximate surface area is 179 Å². The number of benzene rings is 2. The number of hydrogen-bond donors (Lipinski definition) is 1. The van der Waals surface area contributed by atoms with Crippen LogP contribution in [0.5, 0.6) is 11.5 Å². The molecule has 0 fully saturated rings. The SMILES string of the molecule is COc1ccc(-c2noc(COC(=O)CCNC(=O)Cc3ccccc3)n2)cc1OC. The van der Waals surface area contributed by atoms with Crippen LogP contribution in [0.15, 0.2) is 53.1 Å². The zero-order chi connectivity index (χ0) is 22.1. The van der Waals surface area contributed by atoms with Gasteiger partial charge in [-0.25, -0.2) is 0 Å². The average Bonchev–Trinajstić information content (AvgIpc) is 3.27. The van der Waals surface area contributed by atoms with E-state index in [9.17, 15) is 9.59 Å². The zero-order valence-electron chi connectivity index (χ0n) is 17.3. The lowest BCUT2D eigenvalue weighted by Crippen LogP contribution is -2.27. The molecular formula is C22H23N3O6. The summed E-state index contributed by atoms with van der Waals surface area (Å²) >= 11 is 0. The Balaban J connectivity index is 1.43. The second-order valence-electron chi connectivity index (χ2n) is 6.50. The Morgan fingerprint density at radius 2 is 1.81 bits per heavy atom. The third-order valence-electron chi connectivity index (χ3n) is 4.33. The van der Waals surface area contributed by atoms with Crippen molar-refractivity contribution in [3.05, 3.63) is 60.0 Å². The number of hydrogen-bond acceptors (Lipinski definition) is 8. The predicted molar refractivity (Wildman–Crippen MR) is 110 cm³/mol. The summed E-state index contributed by atoms with van der Waals surface area (Å²) in [5, 5.41) is 6.58. The summed E-state index contributed by atoms with van der Waals surface area (Å²) in [4.78, 5) is 28.0. The highest BCUT2D eigenvalue weighted by atomic mass is 16.6. The minimum atomic E-state index is -0.481. The fourth-order valence-electron chi connectivity index (χ4n) is 2.77. The van der Waals surface area contributed by atoms with Gasteiger partial charge in [-0.3, -0.25) is 9.59 Å². The molecule has 1 aromatic heterocycles. The van der Waals surface area contributed by atoms with Crippen molar-refractivity contribution in [2.24, 2.45) is 0 Å². The highest BCUT2D eigenvalue weighted by Crippen LogP contribution is 2.31. The first kappa shape index (κ1) is 21.8. The van der Waals surface area contributed by atoms with E-state index in [0.717, 1.165) is 5.56 Å². The monoisotopic (exact) mass is 425 g/mol. The van der Waals surface area contributed by atoms with E-state index >= 15 is 0 Å². The molecular weight excluding hydrogens is 402 g/mol. The van der Waals surface area contributed by atoms with Crippen molar-refractivity contribution in [2.75, 3.05) is 20.8 Å². The van der Waals surface area contributed by atoms with Gasteiger partial charge in [0.15, 0.2) is 18.1 Å². The summed E-state index contributed by atoms with van der Waals surface area (Å²) in [6, 6.07) is 14.6. The minimum absolute atomic E-state index is 0.0389. The molecule has 1 amide bonds. The van der Waals surface area contributed by atoms with Crippen molar-refractivity contribution < 1.29 is 28.3 Å². The van der Waals surface area contributed by atoms with Crippen LogP contribution in [-0.2, 0) is 27.4 Å². The van der Waals surface area contributed by atoms with Crippen LogP contribution in [0.1, 0.15) is 17.9 Å². The molecule has 9 heteroatoms. The summed E-state index contributed by atoms with van der Waals surface area (Å²) in [5.74, 6) is 0.972. The highest BCUT2D eigenvalue weighted by Gasteiger charge is 2.14. The average molecular weight is 425 g/mol. The molecule has 0 atom stereocenters. The van der Waals surface area contributed by atoms with Gasteiger partial charge in [-0.05, 0) is 23.8 Å². The minimum Gasteiger partial charge on any atom is -0.493 e. The van der Waals surface area contributed by atoms with Crippen LogP contribution in [0.4, 0.5) is 0 Å². The molecule has 0 bridgehead atoms. The first-order valence-corrected chi connectivity index (χ1v) is 9.60. The molecule has 0 aliphatic rings. The normalized spacial score (nSPS) is 10.4. The summed E-state index contributed by atoms with van der Waals surface area (Å²) in [5.41, 5.74) is 1.57. The third-order valence-corrected chi connectivity index (χ3v) is 4.33. The number of carbonyl (C=O) groups is 2. The Hall–Kier alpha value is -3.88. The van der Waals surface area contributed by atoms with E-state index in [-0.39, 0.29) is 37.8 Å². The van der Waals surface area contributed by atoms with E-state index in [1.807, 2.05) is 30.3 Å². The van der Waals surface area contributed by atoms with Gasteiger partial charge in [0.2, 0.25) is 11.7 Å². The molecule has 0 radical (unpaired) electrons. The van der Waals surface area contributed by atoms with Gasteiger partial charge in [-0.1, -0.05) is 35.5 Å². The molecule has 0 saturated heterocycles. The topological polar surface area (TPSA) is 113 Å². The summed E-state index contributed by atoms with van der Waals surface area (Å²) < 4.78 is 20.7. The molecule has 31 heavy (non-hydrogen) atoms. The van der Waals surface area contributed by atoms with Crippen LogP contribution >= 0.6 is 0 Å². The summed E-state index contributed by atoms with van der Waals surface area (Å²) in [6.07, 6.45) is 0.300. The quantitative estimate of drug-likeness (QED) is 0.493.